The van der Waals surface area contributed by atoms with Crippen molar-refractivity contribution in [3.05, 3.63) is 71.3 Å². The largest absolute Gasteiger partial charge is 0.508 e. The first kappa shape index (κ1) is 15.4. The van der Waals surface area contributed by atoms with Gasteiger partial charge in [-0.25, -0.2) is 9.37 Å². The summed E-state index contributed by atoms with van der Waals surface area (Å²) >= 11 is 1.32. The first-order chi connectivity index (χ1) is 11.2. The van der Waals surface area contributed by atoms with Crippen LogP contribution in [0.5, 0.6) is 5.75 Å². The van der Waals surface area contributed by atoms with Crippen LogP contribution in [0.15, 0.2) is 48.5 Å². The Morgan fingerprint density at radius 2 is 1.70 bits per heavy atom. The van der Waals surface area contributed by atoms with Gasteiger partial charge in [0.25, 0.3) is 0 Å². The van der Waals surface area contributed by atoms with Crippen molar-refractivity contribution in [2.45, 2.75) is 12.8 Å². The Hall–Kier alpha value is -2.47. The molecule has 0 radical (unpaired) electrons. The van der Waals surface area contributed by atoms with E-state index in [1.54, 1.807) is 24.3 Å². The molecule has 4 nitrogen and oxygen atoms in total. The van der Waals surface area contributed by atoms with E-state index in [1.165, 1.54) is 23.7 Å². The average Bonchev–Trinajstić information content (AvgIpc) is 2.99. The molecule has 0 atom stereocenters. The van der Waals surface area contributed by atoms with Crippen LogP contribution in [-0.4, -0.2) is 21.0 Å². The molecule has 0 spiro atoms. The number of rotatable bonds is 6. The number of halogens is 1. The molecule has 0 amide bonds. The molecule has 2 N–H and O–H groups in total. The van der Waals surface area contributed by atoms with Crippen LogP contribution in [0.2, 0.25) is 0 Å². The molecule has 0 aliphatic heterocycles. The van der Waals surface area contributed by atoms with Crippen molar-refractivity contribution in [3.63, 3.8) is 0 Å². The lowest BCUT2D eigenvalue weighted by atomic mass is 10.1. The molecule has 0 saturated heterocycles. The van der Waals surface area contributed by atoms with Crippen LogP contribution < -0.4 is 5.32 Å². The maximum Gasteiger partial charge on any atom is 0.202 e. The third-order valence-electron chi connectivity index (χ3n) is 3.37. The van der Waals surface area contributed by atoms with E-state index < -0.39 is 0 Å². The Balaban J connectivity index is 1.51. The van der Waals surface area contributed by atoms with E-state index in [0.29, 0.717) is 6.42 Å². The number of phenolic OH excluding ortho intramolecular Hbond substituents is 1. The fourth-order valence-corrected chi connectivity index (χ4v) is 2.77. The Kier molecular flexibility index (Phi) is 4.83. The summed E-state index contributed by atoms with van der Waals surface area (Å²) in [5.74, 6) is 0.765. The van der Waals surface area contributed by atoms with Gasteiger partial charge in [0, 0.05) is 24.5 Å². The molecule has 23 heavy (non-hydrogen) atoms. The van der Waals surface area contributed by atoms with E-state index in [-0.39, 0.29) is 11.6 Å². The van der Waals surface area contributed by atoms with Gasteiger partial charge < -0.3 is 10.4 Å². The molecule has 2 aromatic carbocycles. The van der Waals surface area contributed by atoms with Gasteiger partial charge in [-0.05, 0) is 41.8 Å². The summed E-state index contributed by atoms with van der Waals surface area (Å²) in [6.07, 6.45) is 1.43. The zero-order valence-electron chi connectivity index (χ0n) is 12.4. The van der Waals surface area contributed by atoms with Gasteiger partial charge in [0.1, 0.15) is 17.4 Å². The molecular weight excluding hydrogens is 313 g/mol. The predicted molar refractivity (Wildman–Crippen MR) is 89.4 cm³/mol. The highest BCUT2D eigenvalue weighted by molar-refractivity contribution is 7.09. The van der Waals surface area contributed by atoms with Gasteiger partial charge in [0.05, 0.1) is 0 Å². The number of aromatic nitrogens is 2. The van der Waals surface area contributed by atoms with Crippen LogP contribution in [0, 0.1) is 5.82 Å². The minimum atomic E-state index is -0.239. The van der Waals surface area contributed by atoms with Gasteiger partial charge in [-0.2, -0.15) is 4.37 Å². The number of anilines is 1. The van der Waals surface area contributed by atoms with E-state index in [9.17, 15) is 9.50 Å². The number of hydrogen-bond acceptors (Lipinski definition) is 5. The normalized spacial score (nSPS) is 10.7. The second-order valence-electron chi connectivity index (χ2n) is 5.16. The average molecular weight is 329 g/mol. The summed E-state index contributed by atoms with van der Waals surface area (Å²) in [6.45, 7) is 0.746. The fourth-order valence-electron chi connectivity index (χ4n) is 2.16. The topological polar surface area (TPSA) is 58.0 Å². The van der Waals surface area contributed by atoms with Crippen molar-refractivity contribution in [1.82, 2.24) is 9.36 Å². The van der Waals surface area contributed by atoms with Crippen molar-refractivity contribution in [2.75, 3.05) is 11.9 Å². The van der Waals surface area contributed by atoms with Crippen molar-refractivity contribution in [3.8, 4) is 5.75 Å². The number of nitrogens with one attached hydrogen (secondary N) is 1. The van der Waals surface area contributed by atoms with Crippen molar-refractivity contribution < 1.29 is 9.50 Å². The van der Waals surface area contributed by atoms with E-state index in [2.05, 4.69) is 14.7 Å². The minimum Gasteiger partial charge on any atom is -0.508 e. The highest BCUT2D eigenvalue weighted by Gasteiger charge is 2.05. The fraction of sp³-hybridized carbons (Fsp3) is 0.176. The van der Waals surface area contributed by atoms with E-state index in [1.807, 2.05) is 12.1 Å². The second kappa shape index (κ2) is 7.19. The lowest BCUT2D eigenvalue weighted by Crippen LogP contribution is -2.04. The molecule has 0 bridgehead atoms. The summed E-state index contributed by atoms with van der Waals surface area (Å²) in [5, 5.41) is 13.3. The van der Waals surface area contributed by atoms with Crippen LogP contribution in [-0.2, 0) is 12.8 Å². The van der Waals surface area contributed by atoms with Crippen molar-refractivity contribution in [1.29, 1.82) is 0 Å². The number of aromatic hydroxyl groups is 1. The molecule has 6 heteroatoms. The summed E-state index contributed by atoms with van der Waals surface area (Å²) in [7, 11) is 0. The Labute approximate surface area is 137 Å². The highest BCUT2D eigenvalue weighted by Crippen LogP contribution is 2.15. The molecule has 0 aliphatic rings. The third kappa shape index (κ3) is 4.50. The zero-order chi connectivity index (χ0) is 16.1. The van der Waals surface area contributed by atoms with Gasteiger partial charge in [-0.1, -0.05) is 24.3 Å². The van der Waals surface area contributed by atoms with Gasteiger partial charge >= 0.3 is 0 Å². The van der Waals surface area contributed by atoms with Crippen molar-refractivity contribution in [2.24, 2.45) is 0 Å². The van der Waals surface area contributed by atoms with Gasteiger partial charge in [-0.15, -0.1) is 0 Å². The van der Waals surface area contributed by atoms with Gasteiger partial charge in [0.2, 0.25) is 5.13 Å². The molecule has 3 aromatic rings. The predicted octanol–water partition coefficient (Wildman–Crippen LogP) is 3.63. The first-order valence-corrected chi connectivity index (χ1v) is 8.05. The lowest BCUT2D eigenvalue weighted by Gasteiger charge is -2.02. The van der Waals surface area contributed by atoms with Gasteiger partial charge in [-0.3, -0.25) is 0 Å². The summed E-state index contributed by atoms with van der Waals surface area (Å²) < 4.78 is 17.2. The minimum absolute atomic E-state index is 0.239. The van der Waals surface area contributed by atoms with E-state index >= 15 is 0 Å². The summed E-state index contributed by atoms with van der Waals surface area (Å²) in [4.78, 5) is 4.44. The molecule has 1 heterocycles. The van der Waals surface area contributed by atoms with E-state index in [0.717, 1.165) is 35.0 Å². The highest BCUT2D eigenvalue weighted by atomic mass is 32.1. The molecule has 0 aliphatic carbocycles. The lowest BCUT2D eigenvalue weighted by molar-refractivity contribution is 0.475. The van der Waals surface area contributed by atoms with Crippen LogP contribution in [0.1, 0.15) is 17.0 Å². The quantitative estimate of drug-likeness (QED) is 0.725. The maximum atomic E-state index is 12.9. The number of phenols is 1. The van der Waals surface area contributed by atoms with Gasteiger partial charge in [0.15, 0.2) is 0 Å². The van der Waals surface area contributed by atoms with Crippen LogP contribution >= 0.6 is 11.5 Å². The smallest absolute Gasteiger partial charge is 0.202 e. The Bertz CT molecular complexity index is 756. The standard InChI is InChI=1S/C17H16FN3OS/c18-14-5-1-13(2-6-14)11-16-20-17(23-21-16)19-10-9-12-3-7-15(22)8-4-12/h1-8,22H,9-11H2,(H,19,20,21). The molecule has 0 unspecified atom stereocenters. The maximum absolute atomic E-state index is 12.9. The SMILES string of the molecule is Oc1ccc(CCNc2nc(Cc3ccc(F)cc3)ns2)cc1. The zero-order valence-corrected chi connectivity index (χ0v) is 13.2. The first-order valence-electron chi connectivity index (χ1n) is 7.28. The number of hydrogen-bond donors (Lipinski definition) is 2. The van der Waals surface area contributed by atoms with Crippen molar-refractivity contribution >= 4 is 16.7 Å². The van der Waals surface area contributed by atoms with Crippen LogP contribution in [0.3, 0.4) is 0 Å². The molecule has 1 aromatic heterocycles. The summed E-state index contributed by atoms with van der Waals surface area (Å²) in [6, 6.07) is 13.5. The molecule has 0 saturated carbocycles. The number of benzene rings is 2. The number of nitrogens with zero attached hydrogens (tertiary/aromatic N) is 2. The molecule has 0 fully saturated rings. The second-order valence-corrected chi connectivity index (χ2v) is 5.91. The molecule has 3 rings (SSSR count). The Morgan fingerprint density at radius 3 is 2.43 bits per heavy atom. The monoisotopic (exact) mass is 329 g/mol. The molecular formula is C17H16FN3OS. The van der Waals surface area contributed by atoms with Crippen LogP contribution in [0.25, 0.3) is 0 Å². The summed E-state index contributed by atoms with van der Waals surface area (Å²) in [5.41, 5.74) is 2.13. The van der Waals surface area contributed by atoms with Crippen LogP contribution in [0.4, 0.5) is 9.52 Å². The third-order valence-corrected chi connectivity index (χ3v) is 4.08. The molecule has 118 valence electrons. The van der Waals surface area contributed by atoms with E-state index in [4.69, 9.17) is 0 Å². The Morgan fingerprint density at radius 1 is 1.00 bits per heavy atom.